The number of fused-ring (bicyclic) bond motifs is 1. The van der Waals surface area contributed by atoms with Gasteiger partial charge in [0, 0.05) is 12.6 Å². The first-order chi connectivity index (χ1) is 9.54. The van der Waals surface area contributed by atoms with Gasteiger partial charge in [0.15, 0.2) is 0 Å². The third-order valence-corrected chi connectivity index (χ3v) is 4.05. The number of rotatable bonds is 1. The highest BCUT2D eigenvalue weighted by Crippen LogP contribution is 2.29. The SMILES string of the molecule is COC(=O)N1CCCC[C@@H]2CC[C@@H](C(=O)O)N2C(=O)C1. The number of ether oxygens (including phenoxy) is 1. The Hall–Kier alpha value is -1.79. The van der Waals surface area contributed by atoms with Gasteiger partial charge in [0.2, 0.25) is 5.91 Å². The third-order valence-electron chi connectivity index (χ3n) is 4.05. The summed E-state index contributed by atoms with van der Waals surface area (Å²) in [6.45, 7) is 0.365. The molecule has 7 heteroatoms. The van der Waals surface area contributed by atoms with Crippen molar-refractivity contribution in [2.24, 2.45) is 0 Å². The minimum atomic E-state index is -0.968. The standard InChI is InChI=1S/C13H20N2O5/c1-20-13(19)14-7-3-2-4-9-5-6-10(12(17)18)15(9)11(16)8-14/h9-10H,2-8H2,1H3,(H,17,18)/t9-,10+/m1/s1. The quantitative estimate of drug-likeness (QED) is 0.765. The molecule has 0 spiro atoms. The topological polar surface area (TPSA) is 87.2 Å². The molecule has 2 rings (SSSR count). The van der Waals surface area contributed by atoms with Crippen LogP contribution in [0.5, 0.6) is 0 Å². The number of nitrogens with zero attached hydrogens (tertiary/aromatic N) is 2. The van der Waals surface area contributed by atoms with Crippen LogP contribution in [0.2, 0.25) is 0 Å². The zero-order chi connectivity index (χ0) is 14.7. The van der Waals surface area contributed by atoms with E-state index in [0.717, 1.165) is 25.7 Å². The molecule has 0 aliphatic carbocycles. The van der Waals surface area contributed by atoms with Crippen LogP contribution in [0.3, 0.4) is 0 Å². The molecule has 2 fully saturated rings. The summed E-state index contributed by atoms with van der Waals surface area (Å²) in [5.74, 6) is -1.27. The summed E-state index contributed by atoms with van der Waals surface area (Å²) in [4.78, 5) is 38.0. The number of carbonyl (C=O) groups is 3. The maximum absolute atomic E-state index is 12.4. The molecule has 2 aliphatic heterocycles. The maximum Gasteiger partial charge on any atom is 0.409 e. The monoisotopic (exact) mass is 284 g/mol. The summed E-state index contributed by atoms with van der Waals surface area (Å²) in [5.41, 5.74) is 0. The largest absolute Gasteiger partial charge is 0.480 e. The minimum absolute atomic E-state index is 0.0128. The van der Waals surface area contributed by atoms with Crippen LogP contribution in [0.15, 0.2) is 0 Å². The zero-order valence-corrected chi connectivity index (χ0v) is 11.6. The highest BCUT2D eigenvalue weighted by atomic mass is 16.5. The molecular formula is C13H20N2O5. The molecule has 0 radical (unpaired) electrons. The summed E-state index contributed by atoms with van der Waals surface area (Å²) in [5, 5.41) is 9.22. The fourth-order valence-electron chi connectivity index (χ4n) is 3.08. The molecule has 112 valence electrons. The Kier molecular flexibility index (Phi) is 4.46. The van der Waals surface area contributed by atoms with E-state index in [-0.39, 0.29) is 18.5 Å². The van der Waals surface area contributed by atoms with Gasteiger partial charge in [-0.25, -0.2) is 9.59 Å². The summed E-state index contributed by atoms with van der Waals surface area (Å²) < 4.78 is 4.66. The van der Waals surface area contributed by atoms with Crippen molar-refractivity contribution < 1.29 is 24.2 Å². The number of amides is 2. The molecule has 2 amide bonds. The molecule has 0 aromatic carbocycles. The van der Waals surface area contributed by atoms with Crippen molar-refractivity contribution in [3.8, 4) is 0 Å². The maximum atomic E-state index is 12.4. The van der Waals surface area contributed by atoms with Crippen molar-refractivity contribution in [2.75, 3.05) is 20.2 Å². The molecule has 7 nitrogen and oxygen atoms in total. The molecule has 0 saturated carbocycles. The van der Waals surface area contributed by atoms with Crippen molar-refractivity contribution >= 4 is 18.0 Å². The van der Waals surface area contributed by atoms with Crippen LogP contribution < -0.4 is 0 Å². The summed E-state index contributed by atoms with van der Waals surface area (Å²) in [6, 6.07) is -0.772. The Morgan fingerprint density at radius 3 is 2.65 bits per heavy atom. The van der Waals surface area contributed by atoms with Crippen LogP contribution in [0.4, 0.5) is 4.79 Å². The van der Waals surface area contributed by atoms with E-state index in [4.69, 9.17) is 0 Å². The number of carboxylic acid groups (broad SMARTS) is 1. The van der Waals surface area contributed by atoms with Gasteiger partial charge >= 0.3 is 12.1 Å². The lowest BCUT2D eigenvalue weighted by Gasteiger charge is -2.29. The molecular weight excluding hydrogens is 264 g/mol. The molecule has 2 saturated heterocycles. The van der Waals surface area contributed by atoms with Gasteiger partial charge in [0.05, 0.1) is 7.11 Å². The zero-order valence-electron chi connectivity index (χ0n) is 11.6. The van der Waals surface area contributed by atoms with E-state index in [9.17, 15) is 19.5 Å². The Balaban J connectivity index is 2.17. The van der Waals surface area contributed by atoms with Crippen LogP contribution in [-0.4, -0.2) is 65.2 Å². The van der Waals surface area contributed by atoms with Crippen molar-refractivity contribution in [3.05, 3.63) is 0 Å². The molecule has 1 N–H and O–H groups in total. The molecule has 0 aromatic rings. The lowest BCUT2D eigenvalue weighted by atomic mass is 10.1. The minimum Gasteiger partial charge on any atom is -0.480 e. The van der Waals surface area contributed by atoms with Crippen LogP contribution in [0.1, 0.15) is 32.1 Å². The Labute approximate surface area is 117 Å². The molecule has 0 bridgehead atoms. The Morgan fingerprint density at radius 1 is 1.25 bits per heavy atom. The lowest BCUT2D eigenvalue weighted by Crippen LogP contribution is -2.49. The molecule has 2 heterocycles. The first-order valence-corrected chi connectivity index (χ1v) is 6.91. The molecule has 0 aromatic heterocycles. The van der Waals surface area contributed by atoms with Crippen LogP contribution >= 0.6 is 0 Å². The van der Waals surface area contributed by atoms with Crippen LogP contribution in [0, 0.1) is 0 Å². The van der Waals surface area contributed by atoms with Gasteiger partial charge in [-0.05, 0) is 32.1 Å². The number of methoxy groups -OCH3 is 1. The number of carbonyl (C=O) groups excluding carboxylic acids is 2. The molecule has 0 unspecified atom stereocenters. The van der Waals surface area contributed by atoms with Gasteiger partial charge in [-0.15, -0.1) is 0 Å². The molecule has 2 atom stereocenters. The smallest absolute Gasteiger partial charge is 0.409 e. The molecule has 20 heavy (non-hydrogen) atoms. The second-order valence-corrected chi connectivity index (χ2v) is 5.27. The van der Waals surface area contributed by atoms with Gasteiger partial charge in [-0.1, -0.05) is 0 Å². The van der Waals surface area contributed by atoms with Gasteiger partial charge in [0.1, 0.15) is 12.6 Å². The van der Waals surface area contributed by atoms with Gasteiger partial charge in [0.25, 0.3) is 0 Å². The number of hydrogen-bond donors (Lipinski definition) is 1. The van der Waals surface area contributed by atoms with E-state index >= 15 is 0 Å². The van der Waals surface area contributed by atoms with Gasteiger partial charge in [-0.2, -0.15) is 0 Å². The fourth-order valence-corrected chi connectivity index (χ4v) is 3.08. The van der Waals surface area contributed by atoms with E-state index < -0.39 is 18.1 Å². The summed E-state index contributed by atoms with van der Waals surface area (Å²) >= 11 is 0. The lowest BCUT2D eigenvalue weighted by molar-refractivity contribution is -0.149. The van der Waals surface area contributed by atoms with E-state index in [2.05, 4.69) is 4.74 Å². The highest BCUT2D eigenvalue weighted by Gasteiger charge is 2.41. The van der Waals surface area contributed by atoms with Crippen molar-refractivity contribution in [2.45, 2.75) is 44.2 Å². The summed E-state index contributed by atoms with van der Waals surface area (Å²) in [7, 11) is 1.28. The van der Waals surface area contributed by atoms with Gasteiger partial charge in [-0.3, -0.25) is 9.69 Å². The second-order valence-electron chi connectivity index (χ2n) is 5.27. The first-order valence-electron chi connectivity index (χ1n) is 6.91. The van der Waals surface area contributed by atoms with E-state index in [1.165, 1.54) is 16.9 Å². The van der Waals surface area contributed by atoms with Crippen molar-refractivity contribution in [3.63, 3.8) is 0 Å². The second kappa shape index (κ2) is 6.11. The predicted molar refractivity (Wildman–Crippen MR) is 69.1 cm³/mol. The normalized spacial score (nSPS) is 27.4. The highest BCUT2D eigenvalue weighted by molar-refractivity contribution is 5.87. The van der Waals surface area contributed by atoms with E-state index in [1.807, 2.05) is 0 Å². The van der Waals surface area contributed by atoms with Crippen LogP contribution in [-0.2, 0) is 14.3 Å². The molecule has 2 aliphatic rings. The van der Waals surface area contributed by atoms with E-state index in [1.54, 1.807) is 0 Å². The van der Waals surface area contributed by atoms with Gasteiger partial charge < -0.3 is 14.7 Å². The third kappa shape index (κ3) is 2.86. The predicted octanol–water partition coefficient (Wildman–Crippen LogP) is 0.683. The fraction of sp³-hybridized carbons (Fsp3) is 0.769. The average Bonchev–Trinajstić information content (AvgIpc) is 2.86. The number of carboxylic acids is 1. The average molecular weight is 284 g/mol. The Bertz CT molecular complexity index is 412. The van der Waals surface area contributed by atoms with Crippen molar-refractivity contribution in [1.29, 1.82) is 0 Å². The first kappa shape index (κ1) is 14.6. The Morgan fingerprint density at radius 2 is 2.00 bits per heavy atom. The number of aliphatic carboxylic acids is 1. The number of hydrogen-bond acceptors (Lipinski definition) is 4. The van der Waals surface area contributed by atoms with Crippen molar-refractivity contribution in [1.82, 2.24) is 9.80 Å². The van der Waals surface area contributed by atoms with Crippen LogP contribution in [0.25, 0.3) is 0 Å². The summed E-state index contributed by atoms with van der Waals surface area (Å²) in [6.07, 6.45) is 3.14. The van der Waals surface area contributed by atoms with E-state index in [0.29, 0.717) is 13.0 Å².